The quantitative estimate of drug-likeness (QED) is 0.751. The molecule has 3 aliphatic rings. The Morgan fingerprint density at radius 3 is 2.46 bits per heavy atom. The van der Waals surface area contributed by atoms with Gasteiger partial charge in [0.25, 0.3) is 0 Å². The summed E-state index contributed by atoms with van der Waals surface area (Å²) < 4.78 is 11.7. The zero-order valence-electron chi connectivity index (χ0n) is 16.2. The average Bonchev–Trinajstić information content (AvgIpc) is 3.29. The number of hydrogen-bond donors (Lipinski definition) is 1. The Bertz CT molecular complexity index is 685. The van der Waals surface area contributed by atoms with Crippen molar-refractivity contribution in [3.8, 4) is 0 Å². The lowest BCUT2D eigenvalue weighted by Crippen LogP contribution is -2.42. The number of rotatable bonds is 6. The lowest BCUT2D eigenvalue weighted by molar-refractivity contribution is -0.146. The first-order chi connectivity index (χ1) is 13.6. The van der Waals surface area contributed by atoms with Gasteiger partial charge in [0.2, 0.25) is 0 Å². The van der Waals surface area contributed by atoms with E-state index in [4.69, 9.17) is 9.47 Å². The highest BCUT2D eigenvalue weighted by Crippen LogP contribution is 2.41. The van der Waals surface area contributed by atoms with Crippen LogP contribution in [0.3, 0.4) is 0 Å². The molecule has 6 nitrogen and oxygen atoms in total. The number of amides is 1. The number of esters is 1. The molecular weight excluding hydrogens is 358 g/mol. The van der Waals surface area contributed by atoms with E-state index in [0.717, 1.165) is 44.1 Å². The van der Waals surface area contributed by atoms with E-state index in [-0.39, 0.29) is 24.2 Å². The molecule has 1 amide bonds. The Labute approximate surface area is 165 Å². The monoisotopic (exact) mass is 387 g/mol. The van der Waals surface area contributed by atoms with Gasteiger partial charge in [-0.15, -0.1) is 0 Å². The minimum Gasteiger partial charge on any atom is -0.465 e. The number of carbonyl (C=O) groups is 2. The second kappa shape index (κ2) is 8.52. The molecule has 2 bridgehead atoms. The number of ether oxygens (including phenoxy) is 2. The normalized spacial score (nSPS) is 31.7. The number of carbonyl (C=O) groups excluding carboxylic acids is 1. The van der Waals surface area contributed by atoms with Gasteiger partial charge in [-0.2, -0.15) is 0 Å². The predicted octanol–water partition coefficient (Wildman–Crippen LogP) is 3.84. The number of nitrogens with zero attached hydrogens (tertiary/aromatic N) is 1. The molecule has 6 heteroatoms. The standard InChI is InChI=1S/C22H29NO5/c24-21(27-14-16-4-2-1-3-5-16)10-15-6-8-19(9-7-15)28-20-12-18-11-17(20)13-23(18)22(25)26/h1-5,15,17-20H,6-14H2,(H,25,26). The molecular formula is C22H29NO5. The van der Waals surface area contributed by atoms with Crippen LogP contribution in [0.2, 0.25) is 0 Å². The van der Waals surface area contributed by atoms with Crippen molar-refractivity contribution in [3.63, 3.8) is 0 Å². The first-order valence-electron chi connectivity index (χ1n) is 10.4. The van der Waals surface area contributed by atoms with Crippen LogP contribution in [-0.2, 0) is 20.9 Å². The van der Waals surface area contributed by atoms with Crippen LogP contribution in [-0.4, -0.2) is 46.9 Å². The van der Waals surface area contributed by atoms with Crippen LogP contribution in [0, 0.1) is 11.8 Å². The van der Waals surface area contributed by atoms with Gasteiger partial charge in [0.15, 0.2) is 0 Å². The summed E-state index contributed by atoms with van der Waals surface area (Å²) in [5.74, 6) is 0.618. The van der Waals surface area contributed by atoms with Crippen molar-refractivity contribution in [2.75, 3.05) is 6.54 Å². The van der Waals surface area contributed by atoms with Gasteiger partial charge in [-0.3, -0.25) is 4.79 Å². The van der Waals surface area contributed by atoms with E-state index in [0.29, 0.717) is 31.4 Å². The van der Waals surface area contributed by atoms with Crippen LogP contribution in [0.4, 0.5) is 4.79 Å². The van der Waals surface area contributed by atoms with Crippen molar-refractivity contribution < 1.29 is 24.2 Å². The minimum atomic E-state index is -0.800. The molecule has 3 atom stereocenters. The van der Waals surface area contributed by atoms with Crippen LogP contribution in [0.25, 0.3) is 0 Å². The third kappa shape index (κ3) is 4.49. The molecule has 2 saturated carbocycles. The molecule has 3 fully saturated rings. The third-order valence-corrected chi connectivity index (χ3v) is 6.58. The van der Waals surface area contributed by atoms with Crippen LogP contribution in [0.15, 0.2) is 30.3 Å². The smallest absolute Gasteiger partial charge is 0.407 e. The predicted molar refractivity (Wildman–Crippen MR) is 103 cm³/mol. The van der Waals surface area contributed by atoms with Gasteiger partial charge >= 0.3 is 12.1 Å². The fourth-order valence-corrected chi connectivity index (χ4v) is 5.06. The highest BCUT2D eigenvalue weighted by Gasteiger charge is 2.48. The van der Waals surface area contributed by atoms with Gasteiger partial charge in [-0.05, 0) is 50.0 Å². The lowest BCUT2D eigenvalue weighted by atomic mass is 9.85. The molecule has 0 radical (unpaired) electrons. The summed E-state index contributed by atoms with van der Waals surface area (Å²) in [6, 6.07) is 9.90. The topological polar surface area (TPSA) is 76.1 Å². The van der Waals surface area contributed by atoms with E-state index < -0.39 is 6.09 Å². The van der Waals surface area contributed by atoms with Gasteiger partial charge < -0.3 is 19.5 Å². The summed E-state index contributed by atoms with van der Waals surface area (Å²) in [7, 11) is 0. The van der Waals surface area contributed by atoms with E-state index in [1.54, 1.807) is 4.90 Å². The van der Waals surface area contributed by atoms with Crippen LogP contribution < -0.4 is 0 Å². The molecule has 28 heavy (non-hydrogen) atoms. The molecule has 1 heterocycles. The largest absolute Gasteiger partial charge is 0.465 e. The van der Waals surface area contributed by atoms with Crippen molar-refractivity contribution in [1.29, 1.82) is 0 Å². The number of fused-ring (bicyclic) bond motifs is 2. The summed E-state index contributed by atoms with van der Waals surface area (Å²) in [5, 5.41) is 9.19. The molecule has 1 aromatic carbocycles. The fraction of sp³-hybridized carbons (Fsp3) is 0.636. The molecule has 1 aliphatic heterocycles. The SMILES string of the molecule is O=C(CC1CCC(OC2CC3CC2CN3C(=O)O)CC1)OCc1ccccc1. The number of benzene rings is 1. The van der Waals surface area contributed by atoms with Crippen molar-refractivity contribution in [1.82, 2.24) is 4.90 Å². The van der Waals surface area contributed by atoms with Gasteiger partial charge in [0.05, 0.1) is 12.2 Å². The Hall–Kier alpha value is -2.08. The number of likely N-dealkylation sites (tertiary alicyclic amines) is 1. The van der Waals surface area contributed by atoms with Crippen molar-refractivity contribution in [2.45, 2.75) is 69.8 Å². The molecule has 1 saturated heterocycles. The summed E-state index contributed by atoms with van der Waals surface area (Å²) in [6.45, 7) is 0.961. The van der Waals surface area contributed by atoms with Gasteiger partial charge in [-0.1, -0.05) is 30.3 Å². The first-order valence-corrected chi connectivity index (χ1v) is 10.4. The maximum absolute atomic E-state index is 12.1. The lowest BCUT2D eigenvalue weighted by Gasteiger charge is -2.34. The van der Waals surface area contributed by atoms with E-state index in [1.165, 1.54) is 0 Å². The Balaban J connectivity index is 1.15. The van der Waals surface area contributed by atoms with Gasteiger partial charge in [-0.25, -0.2) is 4.79 Å². The highest BCUT2D eigenvalue weighted by molar-refractivity contribution is 5.69. The van der Waals surface area contributed by atoms with Crippen LogP contribution >= 0.6 is 0 Å². The van der Waals surface area contributed by atoms with Gasteiger partial charge in [0, 0.05) is 24.9 Å². The second-order valence-corrected chi connectivity index (χ2v) is 8.49. The first kappa shape index (κ1) is 19.2. The summed E-state index contributed by atoms with van der Waals surface area (Å²) >= 11 is 0. The van der Waals surface area contributed by atoms with Crippen LogP contribution in [0.5, 0.6) is 0 Å². The fourth-order valence-electron chi connectivity index (χ4n) is 5.06. The number of piperidine rings is 1. The molecule has 4 rings (SSSR count). The van der Waals surface area contributed by atoms with E-state index in [9.17, 15) is 14.7 Å². The Kier molecular flexibility index (Phi) is 5.85. The third-order valence-electron chi connectivity index (χ3n) is 6.58. The zero-order chi connectivity index (χ0) is 19.5. The average molecular weight is 387 g/mol. The molecule has 2 aliphatic carbocycles. The van der Waals surface area contributed by atoms with E-state index in [1.807, 2.05) is 30.3 Å². The maximum atomic E-state index is 12.1. The highest BCUT2D eigenvalue weighted by atomic mass is 16.5. The second-order valence-electron chi connectivity index (χ2n) is 8.49. The molecule has 1 N–H and O–H groups in total. The number of carboxylic acid groups (broad SMARTS) is 1. The summed E-state index contributed by atoms with van der Waals surface area (Å²) in [6.07, 6.45) is 5.87. The Morgan fingerprint density at radius 1 is 1.07 bits per heavy atom. The Morgan fingerprint density at radius 2 is 1.82 bits per heavy atom. The van der Waals surface area contributed by atoms with Crippen molar-refractivity contribution in [2.24, 2.45) is 11.8 Å². The summed E-state index contributed by atoms with van der Waals surface area (Å²) in [4.78, 5) is 24.9. The van der Waals surface area contributed by atoms with Crippen molar-refractivity contribution in [3.05, 3.63) is 35.9 Å². The molecule has 0 spiro atoms. The minimum absolute atomic E-state index is 0.116. The molecule has 1 aromatic rings. The molecule has 0 aromatic heterocycles. The zero-order valence-corrected chi connectivity index (χ0v) is 16.2. The molecule has 152 valence electrons. The van der Waals surface area contributed by atoms with Crippen LogP contribution in [0.1, 0.15) is 50.5 Å². The number of hydrogen-bond acceptors (Lipinski definition) is 4. The summed E-state index contributed by atoms with van der Waals surface area (Å²) in [5.41, 5.74) is 1.01. The maximum Gasteiger partial charge on any atom is 0.407 e. The van der Waals surface area contributed by atoms with Gasteiger partial charge in [0.1, 0.15) is 6.61 Å². The van der Waals surface area contributed by atoms with E-state index >= 15 is 0 Å². The van der Waals surface area contributed by atoms with Crippen molar-refractivity contribution >= 4 is 12.1 Å². The molecule has 3 unspecified atom stereocenters. The van der Waals surface area contributed by atoms with E-state index in [2.05, 4.69) is 0 Å².